The first-order valence-corrected chi connectivity index (χ1v) is 8.56. The second-order valence-electron chi connectivity index (χ2n) is 6.36. The SMILES string of the molecule is CCc1ccccc1CNc1cc(CC(N)=O)cn2c(C)c(C)nc12. The quantitative estimate of drug-likeness (QED) is 0.726. The molecule has 0 aliphatic carbocycles. The number of pyridine rings is 1. The van der Waals surface area contributed by atoms with E-state index in [1.165, 1.54) is 11.1 Å². The van der Waals surface area contributed by atoms with Crippen molar-refractivity contribution in [2.45, 2.75) is 40.2 Å². The number of nitrogens with two attached hydrogens (primary N) is 1. The number of aromatic nitrogens is 2. The number of nitrogens with one attached hydrogen (secondary N) is 1. The van der Waals surface area contributed by atoms with Crippen molar-refractivity contribution in [2.75, 3.05) is 5.32 Å². The smallest absolute Gasteiger partial charge is 0.221 e. The zero-order valence-electron chi connectivity index (χ0n) is 15.0. The van der Waals surface area contributed by atoms with Gasteiger partial charge in [-0.2, -0.15) is 0 Å². The van der Waals surface area contributed by atoms with Crippen LogP contribution in [0.25, 0.3) is 5.65 Å². The zero-order valence-corrected chi connectivity index (χ0v) is 15.0. The van der Waals surface area contributed by atoms with Gasteiger partial charge < -0.3 is 15.5 Å². The Balaban J connectivity index is 1.99. The number of fused-ring (bicyclic) bond motifs is 1. The summed E-state index contributed by atoms with van der Waals surface area (Å²) in [4.78, 5) is 16.0. The molecule has 0 bridgehead atoms. The number of primary amides is 1. The van der Waals surface area contributed by atoms with Gasteiger partial charge in [0.2, 0.25) is 5.91 Å². The van der Waals surface area contributed by atoms with Gasteiger partial charge in [0.15, 0.2) is 5.65 Å². The summed E-state index contributed by atoms with van der Waals surface area (Å²) in [5.41, 5.74) is 12.7. The minimum atomic E-state index is -0.337. The van der Waals surface area contributed by atoms with Crippen molar-refractivity contribution in [1.29, 1.82) is 0 Å². The van der Waals surface area contributed by atoms with Crippen molar-refractivity contribution in [3.8, 4) is 0 Å². The minimum Gasteiger partial charge on any atom is -0.378 e. The average molecular weight is 336 g/mol. The van der Waals surface area contributed by atoms with E-state index < -0.39 is 0 Å². The van der Waals surface area contributed by atoms with E-state index in [2.05, 4.69) is 41.5 Å². The highest BCUT2D eigenvalue weighted by molar-refractivity contribution is 5.78. The third kappa shape index (κ3) is 3.50. The lowest BCUT2D eigenvalue weighted by molar-refractivity contribution is -0.117. The van der Waals surface area contributed by atoms with E-state index in [1.807, 2.05) is 30.5 Å². The molecule has 0 aliphatic rings. The van der Waals surface area contributed by atoms with Gasteiger partial charge in [0, 0.05) is 18.4 Å². The second kappa shape index (κ2) is 6.97. The highest BCUT2D eigenvalue weighted by Crippen LogP contribution is 2.23. The molecular weight excluding hydrogens is 312 g/mol. The molecule has 0 saturated carbocycles. The molecule has 5 heteroatoms. The van der Waals surface area contributed by atoms with Crippen LogP contribution in [0.4, 0.5) is 5.69 Å². The molecule has 0 fully saturated rings. The molecule has 3 rings (SSSR count). The van der Waals surface area contributed by atoms with Gasteiger partial charge in [-0.3, -0.25) is 4.79 Å². The van der Waals surface area contributed by atoms with Crippen LogP contribution in [-0.4, -0.2) is 15.3 Å². The lowest BCUT2D eigenvalue weighted by Gasteiger charge is -2.13. The van der Waals surface area contributed by atoms with Crippen LogP contribution in [0.15, 0.2) is 36.5 Å². The van der Waals surface area contributed by atoms with Crippen LogP contribution in [0.2, 0.25) is 0 Å². The van der Waals surface area contributed by atoms with Crippen LogP contribution in [-0.2, 0) is 24.2 Å². The number of amides is 1. The van der Waals surface area contributed by atoms with Crippen molar-refractivity contribution < 1.29 is 4.79 Å². The minimum absolute atomic E-state index is 0.215. The van der Waals surface area contributed by atoms with Crippen LogP contribution in [0, 0.1) is 13.8 Å². The molecular formula is C20H24N4O. The largest absolute Gasteiger partial charge is 0.378 e. The molecule has 0 spiro atoms. The molecule has 1 aromatic carbocycles. The number of carbonyl (C=O) groups is 1. The van der Waals surface area contributed by atoms with Crippen LogP contribution < -0.4 is 11.1 Å². The van der Waals surface area contributed by atoms with Gasteiger partial charge >= 0.3 is 0 Å². The van der Waals surface area contributed by atoms with E-state index in [0.29, 0.717) is 6.54 Å². The van der Waals surface area contributed by atoms with E-state index in [-0.39, 0.29) is 12.3 Å². The number of hydrogen-bond donors (Lipinski definition) is 2. The van der Waals surface area contributed by atoms with Crippen molar-refractivity contribution in [1.82, 2.24) is 9.38 Å². The fraction of sp³-hybridized carbons (Fsp3) is 0.300. The molecule has 0 unspecified atom stereocenters. The molecule has 3 N–H and O–H groups in total. The Morgan fingerprint density at radius 1 is 1.24 bits per heavy atom. The van der Waals surface area contributed by atoms with Gasteiger partial charge in [-0.15, -0.1) is 0 Å². The maximum absolute atomic E-state index is 11.3. The first-order chi connectivity index (χ1) is 12.0. The maximum atomic E-state index is 11.3. The molecule has 130 valence electrons. The van der Waals surface area contributed by atoms with Gasteiger partial charge in [-0.1, -0.05) is 31.2 Å². The van der Waals surface area contributed by atoms with E-state index >= 15 is 0 Å². The third-order valence-corrected chi connectivity index (χ3v) is 4.60. The molecule has 0 radical (unpaired) electrons. The third-order valence-electron chi connectivity index (χ3n) is 4.60. The summed E-state index contributed by atoms with van der Waals surface area (Å²) in [6.07, 6.45) is 3.16. The zero-order chi connectivity index (χ0) is 18.0. The van der Waals surface area contributed by atoms with Gasteiger partial charge in [-0.25, -0.2) is 4.98 Å². The van der Waals surface area contributed by atoms with Crippen molar-refractivity contribution in [3.05, 3.63) is 64.6 Å². The van der Waals surface area contributed by atoms with Crippen molar-refractivity contribution in [2.24, 2.45) is 5.73 Å². The van der Waals surface area contributed by atoms with E-state index in [0.717, 1.165) is 34.7 Å². The number of imidazole rings is 1. The fourth-order valence-electron chi connectivity index (χ4n) is 3.12. The summed E-state index contributed by atoms with van der Waals surface area (Å²) in [5.74, 6) is -0.337. The number of hydrogen-bond acceptors (Lipinski definition) is 3. The monoisotopic (exact) mass is 336 g/mol. The van der Waals surface area contributed by atoms with Gasteiger partial charge in [0.1, 0.15) is 0 Å². The maximum Gasteiger partial charge on any atom is 0.221 e. The number of nitrogens with zero attached hydrogens (tertiary/aromatic N) is 2. The Bertz CT molecular complexity index is 927. The number of carbonyl (C=O) groups excluding carboxylic acids is 1. The molecule has 1 amide bonds. The van der Waals surface area contributed by atoms with Gasteiger partial charge in [0.25, 0.3) is 0 Å². The summed E-state index contributed by atoms with van der Waals surface area (Å²) >= 11 is 0. The normalized spacial score (nSPS) is 11.0. The lowest BCUT2D eigenvalue weighted by atomic mass is 10.1. The standard InChI is InChI=1S/C20H24N4O/c1-4-16-7-5-6-8-17(16)11-22-18-9-15(10-19(21)25)12-24-14(3)13(2)23-20(18)24/h5-9,12,22H,4,10-11H2,1-3H3,(H2,21,25). The molecule has 2 aromatic heterocycles. The van der Waals surface area contributed by atoms with Crippen LogP contribution in [0.3, 0.4) is 0 Å². The molecule has 2 heterocycles. The number of benzene rings is 1. The van der Waals surface area contributed by atoms with E-state index in [4.69, 9.17) is 5.73 Å². The Labute approximate surface area is 147 Å². The van der Waals surface area contributed by atoms with E-state index in [9.17, 15) is 4.79 Å². The molecule has 0 aliphatic heterocycles. The van der Waals surface area contributed by atoms with Crippen molar-refractivity contribution >= 4 is 17.2 Å². The number of anilines is 1. The van der Waals surface area contributed by atoms with Crippen LogP contribution in [0.1, 0.15) is 35.0 Å². The Morgan fingerprint density at radius 3 is 2.64 bits per heavy atom. The summed E-state index contributed by atoms with van der Waals surface area (Å²) in [7, 11) is 0. The molecule has 0 atom stereocenters. The van der Waals surface area contributed by atoms with Gasteiger partial charge in [-0.05, 0) is 43.0 Å². The fourth-order valence-corrected chi connectivity index (χ4v) is 3.12. The molecule has 3 aromatic rings. The first kappa shape index (κ1) is 17.0. The number of aryl methyl sites for hydroxylation is 3. The molecule has 5 nitrogen and oxygen atoms in total. The van der Waals surface area contributed by atoms with E-state index in [1.54, 1.807) is 0 Å². The van der Waals surface area contributed by atoms with Crippen LogP contribution in [0.5, 0.6) is 0 Å². The topological polar surface area (TPSA) is 72.4 Å². The highest BCUT2D eigenvalue weighted by atomic mass is 16.1. The highest BCUT2D eigenvalue weighted by Gasteiger charge is 2.12. The summed E-state index contributed by atoms with van der Waals surface area (Å²) in [6.45, 7) is 6.89. The predicted molar refractivity (Wildman–Crippen MR) is 101 cm³/mol. The molecule has 0 saturated heterocycles. The summed E-state index contributed by atoms with van der Waals surface area (Å²) < 4.78 is 2.03. The number of rotatable bonds is 6. The Hall–Kier alpha value is -2.82. The second-order valence-corrected chi connectivity index (χ2v) is 6.36. The molecule has 25 heavy (non-hydrogen) atoms. The van der Waals surface area contributed by atoms with Crippen molar-refractivity contribution in [3.63, 3.8) is 0 Å². The average Bonchev–Trinajstić information content (AvgIpc) is 2.87. The Morgan fingerprint density at radius 2 is 1.96 bits per heavy atom. The first-order valence-electron chi connectivity index (χ1n) is 8.56. The lowest BCUT2D eigenvalue weighted by Crippen LogP contribution is -2.14. The van der Waals surface area contributed by atoms with Gasteiger partial charge in [0.05, 0.1) is 17.8 Å². The Kier molecular flexibility index (Phi) is 4.74. The predicted octanol–water partition coefficient (Wildman–Crippen LogP) is 3.15. The summed E-state index contributed by atoms with van der Waals surface area (Å²) in [6, 6.07) is 10.4. The van der Waals surface area contributed by atoms with Crippen LogP contribution >= 0.6 is 0 Å². The summed E-state index contributed by atoms with van der Waals surface area (Å²) in [5, 5.41) is 3.50.